The molecule has 0 radical (unpaired) electrons. The van der Waals surface area contributed by atoms with Crippen LogP contribution in [0.15, 0.2) is 24.3 Å². The fourth-order valence-corrected chi connectivity index (χ4v) is 2.00. The number of rotatable bonds is 4. The molecule has 1 aromatic rings. The summed E-state index contributed by atoms with van der Waals surface area (Å²) in [6.45, 7) is 11.6. The van der Waals surface area contributed by atoms with Crippen LogP contribution in [-0.4, -0.2) is 17.6 Å². The SMILES string of the molecule is Cc1ccccc1[C@H](C)NC(C)C(=O)OC(C)(C)C. The summed E-state index contributed by atoms with van der Waals surface area (Å²) >= 11 is 0. The van der Waals surface area contributed by atoms with Crippen LogP contribution in [0.1, 0.15) is 51.8 Å². The Kier molecular flexibility index (Phi) is 5.12. The van der Waals surface area contributed by atoms with Crippen LogP contribution in [0.3, 0.4) is 0 Å². The van der Waals surface area contributed by atoms with Crippen molar-refractivity contribution in [3.8, 4) is 0 Å². The predicted octanol–water partition coefficient (Wildman–Crippen LogP) is 3.38. The van der Waals surface area contributed by atoms with Crippen LogP contribution in [0, 0.1) is 6.92 Å². The Morgan fingerprint density at radius 1 is 1.21 bits per heavy atom. The average Bonchev–Trinajstić information content (AvgIpc) is 2.27. The molecule has 0 bridgehead atoms. The van der Waals surface area contributed by atoms with Gasteiger partial charge in [-0.1, -0.05) is 24.3 Å². The van der Waals surface area contributed by atoms with Gasteiger partial charge in [-0.3, -0.25) is 10.1 Å². The maximum absolute atomic E-state index is 11.9. The van der Waals surface area contributed by atoms with E-state index >= 15 is 0 Å². The zero-order valence-electron chi connectivity index (χ0n) is 12.8. The maximum Gasteiger partial charge on any atom is 0.323 e. The van der Waals surface area contributed by atoms with Gasteiger partial charge in [-0.2, -0.15) is 0 Å². The van der Waals surface area contributed by atoms with Crippen molar-refractivity contribution in [1.29, 1.82) is 0 Å². The molecule has 1 N–H and O–H groups in total. The number of ether oxygens (including phenoxy) is 1. The van der Waals surface area contributed by atoms with Gasteiger partial charge in [0, 0.05) is 6.04 Å². The lowest BCUT2D eigenvalue weighted by Crippen LogP contribution is -2.40. The van der Waals surface area contributed by atoms with Crippen LogP contribution >= 0.6 is 0 Å². The summed E-state index contributed by atoms with van der Waals surface area (Å²) < 4.78 is 5.37. The van der Waals surface area contributed by atoms with Gasteiger partial charge in [-0.05, 0) is 52.7 Å². The lowest BCUT2D eigenvalue weighted by molar-refractivity contribution is -0.157. The van der Waals surface area contributed by atoms with Crippen molar-refractivity contribution in [2.45, 2.75) is 59.2 Å². The van der Waals surface area contributed by atoms with Crippen molar-refractivity contribution in [2.75, 3.05) is 0 Å². The van der Waals surface area contributed by atoms with Gasteiger partial charge in [0.25, 0.3) is 0 Å². The van der Waals surface area contributed by atoms with Gasteiger partial charge in [0.15, 0.2) is 0 Å². The van der Waals surface area contributed by atoms with Gasteiger partial charge in [0.1, 0.15) is 11.6 Å². The highest BCUT2D eigenvalue weighted by atomic mass is 16.6. The van der Waals surface area contributed by atoms with E-state index in [2.05, 4.69) is 31.3 Å². The molecule has 0 saturated carbocycles. The van der Waals surface area contributed by atoms with Crippen LogP contribution in [0.4, 0.5) is 0 Å². The summed E-state index contributed by atoms with van der Waals surface area (Å²) in [4.78, 5) is 11.9. The molecular weight excluding hydrogens is 238 g/mol. The molecule has 0 amide bonds. The molecule has 19 heavy (non-hydrogen) atoms. The molecule has 0 spiro atoms. The third-order valence-electron chi connectivity index (χ3n) is 2.92. The molecule has 0 aliphatic carbocycles. The third kappa shape index (κ3) is 5.03. The van der Waals surface area contributed by atoms with Crippen LogP contribution in [0.5, 0.6) is 0 Å². The van der Waals surface area contributed by atoms with E-state index in [4.69, 9.17) is 4.74 Å². The fourth-order valence-electron chi connectivity index (χ4n) is 2.00. The van der Waals surface area contributed by atoms with Crippen LogP contribution in [0.25, 0.3) is 0 Å². The molecule has 3 heteroatoms. The number of carbonyl (C=O) groups excluding carboxylic acids is 1. The molecule has 0 aromatic heterocycles. The van der Waals surface area contributed by atoms with Crippen molar-refractivity contribution in [1.82, 2.24) is 5.32 Å². The summed E-state index contributed by atoms with van der Waals surface area (Å²) in [5, 5.41) is 3.28. The Labute approximate surface area is 116 Å². The molecule has 1 unspecified atom stereocenters. The minimum Gasteiger partial charge on any atom is -0.459 e. The van der Waals surface area contributed by atoms with Crippen LogP contribution < -0.4 is 5.32 Å². The van der Waals surface area contributed by atoms with Crippen molar-refractivity contribution >= 4 is 5.97 Å². The minimum absolute atomic E-state index is 0.115. The Balaban J connectivity index is 2.64. The summed E-state index contributed by atoms with van der Waals surface area (Å²) in [5.74, 6) is -0.215. The summed E-state index contributed by atoms with van der Waals surface area (Å²) in [6, 6.07) is 7.97. The quantitative estimate of drug-likeness (QED) is 0.846. The molecule has 2 atom stereocenters. The Morgan fingerprint density at radius 3 is 2.32 bits per heavy atom. The van der Waals surface area contributed by atoms with Gasteiger partial charge in [0.2, 0.25) is 0 Å². The Morgan fingerprint density at radius 2 is 1.79 bits per heavy atom. The highest BCUT2D eigenvalue weighted by Gasteiger charge is 2.23. The highest BCUT2D eigenvalue weighted by molar-refractivity contribution is 5.75. The lowest BCUT2D eigenvalue weighted by Gasteiger charge is -2.25. The van der Waals surface area contributed by atoms with E-state index in [9.17, 15) is 4.79 Å². The molecule has 0 aliphatic heterocycles. The van der Waals surface area contributed by atoms with Crippen molar-refractivity contribution in [3.05, 3.63) is 35.4 Å². The van der Waals surface area contributed by atoms with E-state index < -0.39 is 5.60 Å². The van der Waals surface area contributed by atoms with Crippen LogP contribution in [0.2, 0.25) is 0 Å². The van der Waals surface area contributed by atoms with E-state index in [-0.39, 0.29) is 18.1 Å². The number of esters is 1. The normalized spacial score (nSPS) is 14.8. The van der Waals surface area contributed by atoms with Crippen molar-refractivity contribution in [3.63, 3.8) is 0 Å². The number of hydrogen-bond acceptors (Lipinski definition) is 3. The smallest absolute Gasteiger partial charge is 0.323 e. The van der Waals surface area contributed by atoms with E-state index in [0.29, 0.717) is 0 Å². The molecule has 1 rings (SSSR count). The zero-order chi connectivity index (χ0) is 14.6. The Bertz CT molecular complexity index is 435. The summed E-state index contributed by atoms with van der Waals surface area (Å²) in [7, 11) is 0. The average molecular weight is 263 g/mol. The van der Waals surface area contributed by atoms with Crippen LogP contribution in [-0.2, 0) is 9.53 Å². The first-order valence-electron chi connectivity index (χ1n) is 6.75. The summed E-state index contributed by atoms with van der Waals surface area (Å²) in [6.07, 6.45) is 0. The number of benzene rings is 1. The van der Waals surface area contributed by atoms with E-state index in [1.54, 1.807) is 0 Å². The minimum atomic E-state index is -0.446. The first-order valence-corrected chi connectivity index (χ1v) is 6.75. The molecule has 0 heterocycles. The fraction of sp³-hybridized carbons (Fsp3) is 0.562. The highest BCUT2D eigenvalue weighted by Crippen LogP contribution is 2.18. The molecule has 0 aliphatic rings. The predicted molar refractivity (Wildman–Crippen MR) is 78.0 cm³/mol. The molecular formula is C16H25NO2. The van der Waals surface area contributed by atoms with Gasteiger partial charge in [-0.15, -0.1) is 0 Å². The number of aryl methyl sites for hydroxylation is 1. The third-order valence-corrected chi connectivity index (χ3v) is 2.92. The number of carbonyl (C=O) groups is 1. The van der Waals surface area contributed by atoms with Gasteiger partial charge < -0.3 is 4.74 Å². The lowest BCUT2D eigenvalue weighted by atomic mass is 10.0. The summed E-state index contributed by atoms with van der Waals surface area (Å²) in [5.41, 5.74) is 1.98. The van der Waals surface area contributed by atoms with E-state index in [1.807, 2.05) is 39.8 Å². The second-order valence-corrected chi connectivity index (χ2v) is 6.00. The monoisotopic (exact) mass is 263 g/mol. The molecule has 0 saturated heterocycles. The maximum atomic E-state index is 11.9. The van der Waals surface area contributed by atoms with Gasteiger partial charge in [-0.25, -0.2) is 0 Å². The van der Waals surface area contributed by atoms with E-state index in [0.717, 1.165) is 0 Å². The largest absolute Gasteiger partial charge is 0.459 e. The molecule has 0 fully saturated rings. The van der Waals surface area contributed by atoms with Gasteiger partial charge in [0.05, 0.1) is 0 Å². The second-order valence-electron chi connectivity index (χ2n) is 6.00. The van der Waals surface area contributed by atoms with Gasteiger partial charge >= 0.3 is 5.97 Å². The van der Waals surface area contributed by atoms with Crippen molar-refractivity contribution < 1.29 is 9.53 Å². The second kappa shape index (κ2) is 6.20. The first kappa shape index (κ1) is 15.7. The topological polar surface area (TPSA) is 38.3 Å². The molecule has 106 valence electrons. The first-order chi connectivity index (χ1) is 8.70. The number of nitrogens with one attached hydrogen (secondary N) is 1. The zero-order valence-corrected chi connectivity index (χ0v) is 12.8. The van der Waals surface area contributed by atoms with Crippen molar-refractivity contribution in [2.24, 2.45) is 0 Å². The van der Waals surface area contributed by atoms with E-state index in [1.165, 1.54) is 11.1 Å². The molecule has 3 nitrogen and oxygen atoms in total. The number of hydrogen-bond donors (Lipinski definition) is 1. The Hall–Kier alpha value is -1.35. The standard InChI is InChI=1S/C16H25NO2/c1-11-9-7-8-10-14(11)12(2)17-13(3)15(18)19-16(4,5)6/h7-10,12-13,17H,1-6H3/t12-,13?/m0/s1. The molecule has 1 aromatic carbocycles.